The number of halogens is 1. The van der Waals surface area contributed by atoms with Crippen LogP contribution in [-0.4, -0.2) is 98.7 Å². The SMILES string of the molecule is Brc1cncc(OCCN2CCOCC2)c1.Nc1cncc(OCCN2CCOCC2)c1. The molecule has 0 unspecified atom stereocenters. The van der Waals surface area contributed by atoms with E-state index in [1.54, 1.807) is 30.9 Å². The first-order valence-corrected chi connectivity index (χ1v) is 11.7. The van der Waals surface area contributed by atoms with E-state index in [2.05, 4.69) is 35.7 Å². The van der Waals surface area contributed by atoms with E-state index in [0.29, 0.717) is 18.9 Å². The summed E-state index contributed by atoms with van der Waals surface area (Å²) in [5.74, 6) is 1.54. The number of nitrogens with two attached hydrogens (primary N) is 1. The molecule has 2 aromatic rings. The van der Waals surface area contributed by atoms with E-state index in [-0.39, 0.29) is 0 Å². The second-order valence-corrected chi connectivity index (χ2v) is 8.31. The third-order valence-electron chi connectivity index (χ3n) is 4.97. The molecule has 0 aliphatic carbocycles. The number of hydrogen-bond acceptors (Lipinski definition) is 9. The molecule has 2 N–H and O–H groups in total. The van der Waals surface area contributed by atoms with Crippen LogP contribution in [0.25, 0.3) is 0 Å². The molecule has 2 aromatic heterocycles. The molecular weight excluding hydrogens is 478 g/mol. The van der Waals surface area contributed by atoms with Crippen molar-refractivity contribution in [3.63, 3.8) is 0 Å². The number of nitrogens with zero attached hydrogens (tertiary/aromatic N) is 4. The van der Waals surface area contributed by atoms with Gasteiger partial charge in [0.05, 0.1) is 50.7 Å². The van der Waals surface area contributed by atoms with Crippen LogP contribution in [0.2, 0.25) is 0 Å². The van der Waals surface area contributed by atoms with Crippen molar-refractivity contribution in [3.05, 3.63) is 41.4 Å². The summed E-state index contributed by atoms with van der Waals surface area (Å²) in [5, 5.41) is 0. The number of pyridine rings is 2. The predicted molar refractivity (Wildman–Crippen MR) is 126 cm³/mol. The smallest absolute Gasteiger partial charge is 0.139 e. The summed E-state index contributed by atoms with van der Waals surface area (Å²) in [7, 11) is 0. The topological polar surface area (TPSA) is 95.2 Å². The van der Waals surface area contributed by atoms with E-state index in [1.165, 1.54) is 0 Å². The van der Waals surface area contributed by atoms with Crippen LogP contribution in [0.3, 0.4) is 0 Å². The molecule has 0 bridgehead atoms. The third kappa shape index (κ3) is 9.66. The molecule has 0 aromatic carbocycles. The first-order valence-electron chi connectivity index (χ1n) is 10.9. The Bertz CT molecular complexity index is 723. The lowest BCUT2D eigenvalue weighted by atomic mass is 10.4. The average Bonchev–Trinajstić information content (AvgIpc) is 2.81. The molecule has 32 heavy (non-hydrogen) atoms. The van der Waals surface area contributed by atoms with Gasteiger partial charge in [-0.1, -0.05) is 0 Å². The van der Waals surface area contributed by atoms with Crippen LogP contribution in [0, 0.1) is 0 Å². The van der Waals surface area contributed by atoms with E-state index in [9.17, 15) is 0 Å². The highest BCUT2D eigenvalue weighted by Crippen LogP contribution is 2.15. The maximum Gasteiger partial charge on any atom is 0.139 e. The Labute approximate surface area is 197 Å². The van der Waals surface area contributed by atoms with Gasteiger partial charge in [-0.05, 0) is 22.0 Å². The van der Waals surface area contributed by atoms with Crippen molar-refractivity contribution in [3.8, 4) is 11.5 Å². The highest BCUT2D eigenvalue weighted by Gasteiger charge is 2.10. The summed E-state index contributed by atoms with van der Waals surface area (Å²) in [4.78, 5) is 12.7. The number of rotatable bonds is 8. The van der Waals surface area contributed by atoms with Crippen molar-refractivity contribution in [2.24, 2.45) is 0 Å². The first-order chi connectivity index (χ1) is 15.7. The standard InChI is InChI=1S/C11H15BrN2O2.C11H17N3O2/c2*12-10-7-11(9-13-8-10)16-6-3-14-1-4-15-5-2-14/h7-9H,1-6H2;7-9H,1-6,12H2. The molecule has 9 nitrogen and oxygen atoms in total. The number of aromatic nitrogens is 2. The molecule has 2 fully saturated rings. The molecule has 2 aliphatic rings. The number of anilines is 1. The zero-order valence-electron chi connectivity index (χ0n) is 18.3. The first kappa shape index (κ1) is 24.7. The molecule has 4 rings (SSSR count). The minimum atomic E-state index is 0.629. The fourth-order valence-corrected chi connectivity index (χ4v) is 3.56. The van der Waals surface area contributed by atoms with Gasteiger partial charge in [-0.3, -0.25) is 19.8 Å². The second kappa shape index (κ2) is 14.2. The molecule has 4 heterocycles. The van der Waals surface area contributed by atoms with E-state index in [1.807, 2.05) is 6.07 Å². The average molecular weight is 510 g/mol. The zero-order valence-corrected chi connectivity index (χ0v) is 19.9. The molecule has 2 saturated heterocycles. The third-order valence-corrected chi connectivity index (χ3v) is 5.41. The van der Waals surface area contributed by atoms with Crippen molar-refractivity contribution in [1.29, 1.82) is 0 Å². The Morgan fingerprint density at radius 2 is 1.28 bits per heavy atom. The molecule has 0 spiro atoms. The van der Waals surface area contributed by atoms with Crippen molar-refractivity contribution in [2.45, 2.75) is 0 Å². The molecule has 0 saturated carbocycles. The minimum absolute atomic E-state index is 0.629. The van der Waals surface area contributed by atoms with Gasteiger partial charge in [0.1, 0.15) is 24.7 Å². The summed E-state index contributed by atoms with van der Waals surface area (Å²) in [5.41, 5.74) is 6.23. The van der Waals surface area contributed by atoms with Gasteiger partial charge in [0.25, 0.3) is 0 Å². The highest BCUT2D eigenvalue weighted by atomic mass is 79.9. The fourth-order valence-electron chi connectivity index (χ4n) is 3.22. The number of ether oxygens (including phenoxy) is 4. The molecule has 0 amide bonds. The van der Waals surface area contributed by atoms with Crippen molar-refractivity contribution < 1.29 is 18.9 Å². The monoisotopic (exact) mass is 509 g/mol. The van der Waals surface area contributed by atoms with Gasteiger partial charge >= 0.3 is 0 Å². The molecular formula is C22H32BrN5O4. The minimum Gasteiger partial charge on any atom is -0.491 e. The summed E-state index contributed by atoms with van der Waals surface area (Å²) < 4.78 is 22.7. The van der Waals surface area contributed by atoms with Crippen LogP contribution in [-0.2, 0) is 9.47 Å². The lowest BCUT2D eigenvalue weighted by Crippen LogP contribution is -2.38. The Morgan fingerprint density at radius 3 is 1.78 bits per heavy atom. The van der Waals surface area contributed by atoms with E-state index in [4.69, 9.17) is 24.7 Å². The molecule has 176 valence electrons. The van der Waals surface area contributed by atoms with E-state index < -0.39 is 0 Å². The lowest BCUT2D eigenvalue weighted by molar-refractivity contribution is 0.0321. The van der Waals surface area contributed by atoms with Gasteiger partial charge < -0.3 is 24.7 Å². The maximum atomic E-state index is 5.61. The molecule has 10 heteroatoms. The number of nitrogen functional groups attached to an aromatic ring is 1. The Balaban J connectivity index is 0.000000181. The maximum absolute atomic E-state index is 5.61. The van der Waals surface area contributed by atoms with Gasteiger partial charge in [-0.2, -0.15) is 0 Å². The van der Waals surface area contributed by atoms with E-state index in [0.717, 1.165) is 81.7 Å². The van der Waals surface area contributed by atoms with Gasteiger partial charge in [0.2, 0.25) is 0 Å². The van der Waals surface area contributed by atoms with Gasteiger partial charge in [0, 0.05) is 56.0 Å². The Kier molecular flexibility index (Phi) is 11.0. The van der Waals surface area contributed by atoms with Crippen LogP contribution < -0.4 is 15.2 Å². The fraction of sp³-hybridized carbons (Fsp3) is 0.545. The normalized spacial score (nSPS) is 17.3. The zero-order chi connectivity index (χ0) is 22.4. The van der Waals surface area contributed by atoms with Crippen LogP contribution in [0.5, 0.6) is 11.5 Å². The van der Waals surface area contributed by atoms with E-state index >= 15 is 0 Å². The molecule has 0 atom stereocenters. The highest BCUT2D eigenvalue weighted by molar-refractivity contribution is 9.10. The van der Waals surface area contributed by atoms with Crippen molar-refractivity contribution in [1.82, 2.24) is 19.8 Å². The molecule has 0 radical (unpaired) electrons. The largest absolute Gasteiger partial charge is 0.491 e. The van der Waals surface area contributed by atoms with Crippen LogP contribution in [0.4, 0.5) is 5.69 Å². The quantitative estimate of drug-likeness (QED) is 0.572. The molecule has 2 aliphatic heterocycles. The number of hydrogen-bond donors (Lipinski definition) is 1. The summed E-state index contributed by atoms with van der Waals surface area (Å²) >= 11 is 3.36. The van der Waals surface area contributed by atoms with Crippen LogP contribution in [0.1, 0.15) is 0 Å². The van der Waals surface area contributed by atoms with Crippen LogP contribution in [0.15, 0.2) is 41.4 Å². The van der Waals surface area contributed by atoms with Gasteiger partial charge in [-0.25, -0.2) is 0 Å². The van der Waals surface area contributed by atoms with Crippen molar-refractivity contribution >= 4 is 21.6 Å². The summed E-state index contributed by atoms with van der Waals surface area (Å²) in [6.07, 6.45) is 6.75. The Hall–Kier alpha value is -1.98. The summed E-state index contributed by atoms with van der Waals surface area (Å²) in [6, 6.07) is 3.71. The van der Waals surface area contributed by atoms with Crippen molar-refractivity contribution in [2.75, 3.05) is 84.6 Å². The lowest BCUT2D eigenvalue weighted by Gasteiger charge is -2.26. The van der Waals surface area contributed by atoms with Crippen LogP contribution >= 0.6 is 15.9 Å². The second-order valence-electron chi connectivity index (χ2n) is 7.40. The predicted octanol–water partition coefficient (Wildman–Crippen LogP) is 1.93. The number of morpholine rings is 2. The van der Waals surface area contributed by atoms with Gasteiger partial charge in [-0.15, -0.1) is 0 Å². The summed E-state index contributed by atoms with van der Waals surface area (Å²) in [6.45, 7) is 10.5. The Morgan fingerprint density at radius 1 is 0.781 bits per heavy atom. The van der Waals surface area contributed by atoms with Gasteiger partial charge in [0.15, 0.2) is 0 Å².